The van der Waals surface area contributed by atoms with E-state index in [0.29, 0.717) is 6.04 Å². The van der Waals surface area contributed by atoms with E-state index in [1.165, 1.54) is 5.56 Å². The van der Waals surface area contributed by atoms with Crippen LogP contribution < -0.4 is 10.2 Å². The molecule has 0 aliphatic rings. The second-order valence-electron chi connectivity index (χ2n) is 3.62. The third-order valence-electron chi connectivity index (χ3n) is 2.24. The van der Waals surface area contributed by atoms with Gasteiger partial charge in [0.05, 0.1) is 0 Å². The maximum atomic E-state index is 4.37. The fraction of sp³-hybridized carbons (Fsp3) is 0.545. The summed E-state index contributed by atoms with van der Waals surface area (Å²) in [5.74, 6) is 0.998. The van der Waals surface area contributed by atoms with Gasteiger partial charge in [-0.3, -0.25) is 0 Å². The summed E-state index contributed by atoms with van der Waals surface area (Å²) < 4.78 is 0. The van der Waals surface area contributed by atoms with Crippen molar-refractivity contribution in [2.45, 2.75) is 19.9 Å². The minimum Gasteiger partial charge on any atom is -0.363 e. The molecule has 1 aromatic heterocycles. The zero-order valence-electron chi connectivity index (χ0n) is 9.41. The van der Waals surface area contributed by atoms with Crippen LogP contribution in [0.3, 0.4) is 0 Å². The summed E-state index contributed by atoms with van der Waals surface area (Å²) in [5, 5.41) is 3.36. The van der Waals surface area contributed by atoms with Crippen LogP contribution in [0, 0.1) is 0 Å². The van der Waals surface area contributed by atoms with Crippen LogP contribution in [0.25, 0.3) is 0 Å². The maximum absolute atomic E-state index is 4.37. The number of pyridine rings is 1. The molecule has 1 aromatic rings. The monoisotopic (exact) mass is 193 g/mol. The first-order valence-corrected chi connectivity index (χ1v) is 5.01. The molecular formula is C11H19N3. The first kappa shape index (κ1) is 11.0. The molecule has 14 heavy (non-hydrogen) atoms. The van der Waals surface area contributed by atoms with Gasteiger partial charge in [-0.2, -0.15) is 0 Å². The first-order valence-electron chi connectivity index (χ1n) is 5.01. The molecule has 0 spiro atoms. The van der Waals surface area contributed by atoms with Crippen LogP contribution in [0.15, 0.2) is 18.3 Å². The van der Waals surface area contributed by atoms with Crippen molar-refractivity contribution in [3.05, 3.63) is 23.9 Å². The summed E-state index contributed by atoms with van der Waals surface area (Å²) in [6, 6.07) is 4.54. The van der Waals surface area contributed by atoms with Crippen LogP contribution in [0.2, 0.25) is 0 Å². The van der Waals surface area contributed by atoms with Crippen molar-refractivity contribution in [2.75, 3.05) is 25.5 Å². The number of hydrogen-bond donors (Lipinski definition) is 1. The van der Waals surface area contributed by atoms with Crippen molar-refractivity contribution in [1.29, 1.82) is 0 Å². The van der Waals surface area contributed by atoms with Crippen LogP contribution in [0.1, 0.15) is 25.5 Å². The van der Waals surface area contributed by atoms with E-state index in [4.69, 9.17) is 0 Å². The SMILES string of the molecule is CCNC(C)c1ccc(N(C)C)nc1. The topological polar surface area (TPSA) is 28.2 Å². The quantitative estimate of drug-likeness (QED) is 0.790. The maximum Gasteiger partial charge on any atom is 0.127 e. The molecule has 0 radical (unpaired) electrons. The lowest BCUT2D eigenvalue weighted by Crippen LogP contribution is -2.18. The lowest BCUT2D eigenvalue weighted by atomic mass is 10.1. The van der Waals surface area contributed by atoms with Gasteiger partial charge in [0, 0.05) is 26.3 Å². The smallest absolute Gasteiger partial charge is 0.127 e. The number of rotatable bonds is 4. The van der Waals surface area contributed by atoms with Crippen LogP contribution in [-0.2, 0) is 0 Å². The normalized spacial score (nSPS) is 12.6. The molecule has 1 unspecified atom stereocenters. The van der Waals surface area contributed by atoms with Gasteiger partial charge in [-0.05, 0) is 25.1 Å². The van der Waals surface area contributed by atoms with E-state index in [2.05, 4.69) is 30.2 Å². The second-order valence-corrected chi connectivity index (χ2v) is 3.62. The molecular weight excluding hydrogens is 174 g/mol. The Morgan fingerprint density at radius 3 is 2.57 bits per heavy atom. The summed E-state index contributed by atoms with van der Waals surface area (Å²) in [6.45, 7) is 5.24. The van der Waals surface area contributed by atoms with Crippen LogP contribution in [0.5, 0.6) is 0 Å². The highest BCUT2D eigenvalue weighted by Gasteiger charge is 2.04. The Bertz CT molecular complexity index is 266. The Morgan fingerprint density at radius 2 is 2.14 bits per heavy atom. The summed E-state index contributed by atoms with van der Waals surface area (Å²) in [5.41, 5.74) is 1.23. The minimum atomic E-state index is 0.378. The molecule has 1 N–H and O–H groups in total. The van der Waals surface area contributed by atoms with E-state index >= 15 is 0 Å². The van der Waals surface area contributed by atoms with Crippen LogP contribution in [-0.4, -0.2) is 25.6 Å². The molecule has 78 valence electrons. The van der Waals surface area contributed by atoms with Crippen molar-refractivity contribution in [1.82, 2.24) is 10.3 Å². The highest BCUT2D eigenvalue weighted by molar-refractivity contribution is 5.37. The Hall–Kier alpha value is -1.09. The highest BCUT2D eigenvalue weighted by Crippen LogP contribution is 2.14. The van der Waals surface area contributed by atoms with E-state index in [1.54, 1.807) is 0 Å². The number of nitrogens with one attached hydrogen (secondary N) is 1. The molecule has 0 bridgehead atoms. The Labute approximate surface area is 86.2 Å². The van der Waals surface area contributed by atoms with Crippen LogP contribution in [0.4, 0.5) is 5.82 Å². The van der Waals surface area contributed by atoms with Gasteiger partial charge in [0.15, 0.2) is 0 Å². The van der Waals surface area contributed by atoms with Crippen molar-refractivity contribution >= 4 is 5.82 Å². The van der Waals surface area contributed by atoms with Crippen molar-refractivity contribution < 1.29 is 0 Å². The zero-order chi connectivity index (χ0) is 10.6. The van der Waals surface area contributed by atoms with Crippen molar-refractivity contribution in [2.24, 2.45) is 0 Å². The molecule has 0 aromatic carbocycles. The van der Waals surface area contributed by atoms with Gasteiger partial charge in [0.1, 0.15) is 5.82 Å². The van der Waals surface area contributed by atoms with E-state index < -0.39 is 0 Å². The third kappa shape index (κ3) is 2.70. The number of anilines is 1. The van der Waals surface area contributed by atoms with Crippen LogP contribution >= 0.6 is 0 Å². The zero-order valence-corrected chi connectivity index (χ0v) is 9.41. The Kier molecular flexibility index (Phi) is 3.89. The molecule has 1 atom stereocenters. The fourth-order valence-corrected chi connectivity index (χ4v) is 1.34. The van der Waals surface area contributed by atoms with Gasteiger partial charge in [0.2, 0.25) is 0 Å². The van der Waals surface area contributed by atoms with E-state index in [9.17, 15) is 0 Å². The Balaban J connectivity index is 2.72. The minimum absolute atomic E-state index is 0.378. The summed E-state index contributed by atoms with van der Waals surface area (Å²) in [7, 11) is 3.99. The third-order valence-corrected chi connectivity index (χ3v) is 2.24. The predicted molar refractivity (Wildman–Crippen MR) is 60.7 cm³/mol. The lowest BCUT2D eigenvalue weighted by Gasteiger charge is -2.15. The van der Waals surface area contributed by atoms with Gasteiger partial charge >= 0.3 is 0 Å². The van der Waals surface area contributed by atoms with Crippen molar-refractivity contribution in [3.63, 3.8) is 0 Å². The molecule has 0 aliphatic heterocycles. The average Bonchev–Trinajstić information content (AvgIpc) is 2.18. The fourth-order valence-electron chi connectivity index (χ4n) is 1.34. The molecule has 3 nitrogen and oxygen atoms in total. The second kappa shape index (κ2) is 4.96. The first-order chi connectivity index (χ1) is 6.65. The van der Waals surface area contributed by atoms with Crippen molar-refractivity contribution in [3.8, 4) is 0 Å². The molecule has 3 heteroatoms. The predicted octanol–water partition coefficient (Wildman–Crippen LogP) is 1.82. The van der Waals surface area contributed by atoms with E-state index in [-0.39, 0.29) is 0 Å². The molecule has 0 saturated carbocycles. The molecule has 0 saturated heterocycles. The van der Waals surface area contributed by atoms with Gasteiger partial charge in [-0.15, -0.1) is 0 Å². The van der Waals surface area contributed by atoms with Gasteiger partial charge in [-0.25, -0.2) is 4.98 Å². The van der Waals surface area contributed by atoms with Gasteiger partial charge in [0.25, 0.3) is 0 Å². The molecule has 1 heterocycles. The lowest BCUT2D eigenvalue weighted by molar-refractivity contribution is 0.596. The highest BCUT2D eigenvalue weighted by atomic mass is 15.1. The largest absolute Gasteiger partial charge is 0.363 e. The summed E-state index contributed by atoms with van der Waals surface area (Å²) in [4.78, 5) is 6.37. The molecule has 0 aliphatic carbocycles. The van der Waals surface area contributed by atoms with Gasteiger partial charge < -0.3 is 10.2 Å². The number of aromatic nitrogens is 1. The Morgan fingerprint density at radius 1 is 1.43 bits per heavy atom. The average molecular weight is 193 g/mol. The number of hydrogen-bond acceptors (Lipinski definition) is 3. The summed E-state index contributed by atoms with van der Waals surface area (Å²) in [6.07, 6.45) is 1.93. The molecule has 1 rings (SSSR count). The molecule has 0 amide bonds. The number of nitrogens with zero attached hydrogens (tertiary/aromatic N) is 2. The van der Waals surface area contributed by atoms with E-state index in [1.807, 2.05) is 31.3 Å². The standard InChI is InChI=1S/C11H19N3/c1-5-12-9(2)10-6-7-11(13-8-10)14(3)4/h6-9,12H,5H2,1-4H3. The van der Waals surface area contributed by atoms with Gasteiger partial charge in [-0.1, -0.05) is 13.0 Å². The van der Waals surface area contributed by atoms with E-state index in [0.717, 1.165) is 12.4 Å². The summed E-state index contributed by atoms with van der Waals surface area (Å²) >= 11 is 0. The molecule has 0 fully saturated rings.